The molecule has 0 aliphatic heterocycles. The number of aryl methyl sites for hydroxylation is 1. The van der Waals surface area contributed by atoms with E-state index in [-0.39, 0.29) is 17.0 Å². The summed E-state index contributed by atoms with van der Waals surface area (Å²) in [6.07, 6.45) is 3.39. The summed E-state index contributed by atoms with van der Waals surface area (Å²) in [5.41, 5.74) is 2.04. The molecule has 0 N–H and O–H groups in total. The van der Waals surface area contributed by atoms with Crippen LogP contribution in [0.4, 0.5) is 0 Å². The van der Waals surface area contributed by atoms with Gasteiger partial charge in [-0.15, -0.1) is 0 Å². The average molecular weight is 532 g/mol. The topological polar surface area (TPSA) is 98.0 Å². The highest BCUT2D eigenvalue weighted by atomic mass is 32.2. The quantitative estimate of drug-likeness (QED) is 0.339. The van der Waals surface area contributed by atoms with Crippen molar-refractivity contribution < 1.29 is 22.7 Å². The van der Waals surface area contributed by atoms with Crippen LogP contribution in [-0.2, 0) is 26.1 Å². The summed E-state index contributed by atoms with van der Waals surface area (Å²) >= 11 is 1.31. The molecule has 0 saturated carbocycles. The van der Waals surface area contributed by atoms with Gasteiger partial charge in [-0.05, 0) is 55.7 Å². The van der Waals surface area contributed by atoms with Crippen LogP contribution in [0, 0.1) is 6.92 Å². The summed E-state index contributed by atoms with van der Waals surface area (Å²) in [7, 11) is -2.34. The number of unbranched alkanes of at least 4 members (excludes halogenated alkanes) is 2. The Balaban J connectivity index is 1.95. The lowest BCUT2D eigenvalue weighted by atomic mass is 10.2. The normalized spacial score (nSPS) is 12.4. The van der Waals surface area contributed by atoms with Gasteiger partial charge < -0.3 is 9.30 Å². The Morgan fingerprint density at radius 1 is 1.03 bits per heavy atom. The molecule has 194 valence electrons. The summed E-state index contributed by atoms with van der Waals surface area (Å²) in [4.78, 5) is 29.9. The Bertz CT molecular complexity index is 1380. The molecule has 0 fully saturated rings. The van der Waals surface area contributed by atoms with Crippen molar-refractivity contribution >= 4 is 43.5 Å². The highest BCUT2D eigenvalue weighted by Crippen LogP contribution is 2.22. The number of para-hydroxylation sites is 1. The molecule has 3 aromatic rings. The van der Waals surface area contributed by atoms with Gasteiger partial charge in [0.05, 0.1) is 22.2 Å². The number of nitrogens with zero attached hydrogens (tertiary/aromatic N) is 3. The number of thiazole rings is 1. The number of carbonyl (C=O) groups excluding carboxylic acids is 2. The maximum Gasteiger partial charge on any atom is 0.325 e. The van der Waals surface area contributed by atoms with Crippen molar-refractivity contribution in [3.63, 3.8) is 0 Å². The minimum atomic E-state index is -3.65. The minimum Gasteiger partial charge on any atom is -0.468 e. The van der Waals surface area contributed by atoms with Crippen molar-refractivity contribution in [3.8, 4) is 0 Å². The number of sulfonamides is 1. The summed E-state index contributed by atoms with van der Waals surface area (Å²) in [5.74, 6) is -0.965. The Hall–Kier alpha value is -2.82. The van der Waals surface area contributed by atoms with Crippen LogP contribution < -0.4 is 4.80 Å². The number of fused-ring (bicyclic) bond motifs is 1. The molecule has 0 atom stereocenters. The molecule has 1 aromatic heterocycles. The second-order valence-corrected chi connectivity index (χ2v) is 11.5. The first-order valence-electron chi connectivity index (χ1n) is 12.1. The number of carbonyl (C=O) groups is 2. The van der Waals surface area contributed by atoms with Crippen LogP contribution >= 0.6 is 11.3 Å². The van der Waals surface area contributed by atoms with Crippen molar-refractivity contribution in [2.24, 2.45) is 4.99 Å². The Morgan fingerprint density at radius 3 is 2.25 bits per heavy atom. The number of esters is 1. The number of hydrogen-bond acceptors (Lipinski definition) is 6. The largest absolute Gasteiger partial charge is 0.468 e. The molecular formula is C26H33N3O5S2. The highest BCUT2D eigenvalue weighted by molar-refractivity contribution is 7.89. The first-order valence-corrected chi connectivity index (χ1v) is 14.3. The van der Waals surface area contributed by atoms with E-state index in [9.17, 15) is 18.0 Å². The average Bonchev–Trinajstić information content (AvgIpc) is 3.21. The fourth-order valence-corrected chi connectivity index (χ4v) is 6.45. The van der Waals surface area contributed by atoms with E-state index in [4.69, 9.17) is 4.74 Å². The van der Waals surface area contributed by atoms with E-state index >= 15 is 0 Å². The van der Waals surface area contributed by atoms with E-state index in [1.54, 1.807) is 4.57 Å². The first-order chi connectivity index (χ1) is 17.2. The molecule has 0 aliphatic carbocycles. The van der Waals surface area contributed by atoms with Crippen molar-refractivity contribution in [2.75, 3.05) is 20.2 Å². The van der Waals surface area contributed by atoms with Gasteiger partial charge in [0.2, 0.25) is 10.0 Å². The number of benzene rings is 2. The fourth-order valence-electron chi connectivity index (χ4n) is 3.82. The molecule has 0 spiro atoms. The molecular weight excluding hydrogens is 498 g/mol. The van der Waals surface area contributed by atoms with Crippen LogP contribution in [0.25, 0.3) is 10.2 Å². The Kier molecular flexibility index (Phi) is 9.58. The number of amides is 1. The van der Waals surface area contributed by atoms with E-state index in [1.807, 2.05) is 39.0 Å². The van der Waals surface area contributed by atoms with Gasteiger partial charge in [0.1, 0.15) is 6.54 Å². The molecule has 1 amide bonds. The van der Waals surface area contributed by atoms with Crippen molar-refractivity contribution in [1.29, 1.82) is 0 Å². The van der Waals surface area contributed by atoms with E-state index in [0.29, 0.717) is 17.9 Å². The third-order valence-corrected chi connectivity index (χ3v) is 8.83. The summed E-state index contributed by atoms with van der Waals surface area (Å²) in [6.45, 7) is 6.86. The molecule has 0 unspecified atom stereocenters. The van der Waals surface area contributed by atoms with Crippen LogP contribution in [0.15, 0.2) is 52.4 Å². The first kappa shape index (κ1) is 27.8. The molecule has 0 bridgehead atoms. The monoisotopic (exact) mass is 531 g/mol. The summed E-state index contributed by atoms with van der Waals surface area (Å²) in [5, 5.41) is 0. The molecule has 2 aromatic carbocycles. The third kappa shape index (κ3) is 6.29. The summed E-state index contributed by atoms with van der Waals surface area (Å²) < 4.78 is 35.3. The van der Waals surface area contributed by atoms with Gasteiger partial charge in [0.15, 0.2) is 4.80 Å². The molecule has 0 aliphatic rings. The van der Waals surface area contributed by atoms with Crippen LogP contribution in [-0.4, -0.2) is 49.4 Å². The number of rotatable bonds is 11. The van der Waals surface area contributed by atoms with Crippen LogP contribution in [0.5, 0.6) is 0 Å². The number of methoxy groups -OCH3 is 1. The molecule has 1 heterocycles. The Labute approximate surface area is 216 Å². The van der Waals surface area contributed by atoms with Gasteiger partial charge in [-0.2, -0.15) is 9.30 Å². The maximum atomic E-state index is 13.2. The van der Waals surface area contributed by atoms with E-state index in [1.165, 1.54) is 47.0 Å². The molecule has 3 rings (SSSR count). The molecule has 36 heavy (non-hydrogen) atoms. The second-order valence-electron chi connectivity index (χ2n) is 8.52. The fraction of sp³-hybridized carbons (Fsp3) is 0.423. The highest BCUT2D eigenvalue weighted by Gasteiger charge is 2.24. The van der Waals surface area contributed by atoms with Gasteiger partial charge in [-0.1, -0.05) is 50.2 Å². The smallest absolute Gasteiger partial charge is 0.325 e. The van der Waals surface area contributed by atoms with E-state index < -0.39 is 21.9 Å². The van der Waals surface area contributed by atoms with Crippen molar-refractivity contribution in [1.82, 2.24) is 8.87 Å². The van der Waals surface area contributed by atoms with Gasteiger partial charge in [0, 0.05) is 18.7 Å². The second kappa shape index (κ2) is 12.4. The standard InChI is InChI=1S/C26H33N3O5S2/c1-5-7-16-28(17-8-6-2)36(32,33)21-14-12-20(13-15-21)25(31)27-26-29(18-23(30)34-4)24-19(3)10-9-11-22(24)35-26/h9-15H,5-8,16-18H2,1-4H3. The van der Waals surface area contributed by atoms with Gasteiger partial charge in [-0.3, -0.25) is 9.59 Å². The molecule has 0 saturated heterocycles. The number of ether oxygens (including phenoxy) is 1. The molecule has 8 nitrogen and oxygen atoms in total. The zero-order valence-electron chi connectivity index (χ0n) is 21.2. The van der Waals surface area contributed by atoms with Crippen LogP contribution in [0.3, 0.4) is 0 Å². The zero-order valence-corrected chi connectivity index (χ0v) is 22.8. The van der Waals surface area contributed by atoms with Crippen molar-refractivity contribution in [2.45, 2.75) is 57.9 Å². The van der Waals surface area contributed by atoms with E-state index in [0.717, 1.165) is 41.5 Å². The van der Waals surface area contributed by atoms with Gasteiger partial charge in [0.25, 0.3) is 5.91 Å². The van der Waals surface area contributed by atoms with Crippen LogP contribution in [0.2, 0.25) is 0 Å². The lowest BCUT2D eigenvalue weighted by Crippen LogP contribution is -2.33. The number of aromatic nitrogens is 1. The lowest BCUT2D eigenvalue weighted by molar-refractivity contribution is -0.141. The van der Waals surface area contributed by atoms with Crippen LogP contribution in [0.1, 0.15) is 55.5 Å². The Morgan fingerprint density at radius 2 is 1.67 bits per heavy atom. The molecule has 10 heteroatoms. The predicted octanol–water partition coefficient (Wildman–Crippen LogP) is 4.52. The minimum absolute atomic E-state index is 0.0734. The van der Waals surface area contributed by atoms with Gasteiger partial charge >= 0.3 is 5.97 Å². The molecule has 0 radical (unpaired) electrons. The third-order valence-electron chi connectivity index (χ3n) is 5.88. The predicted molar refractivity (Wildman–Crippen MR) is 141 cm³/mol. The SMILES string of the molecule is CCCCN(CCCC)S(=O)(=O)c1ccc(C(=O)N=c2sc3cccc(C)c3n2CC(=O)OC)cc1. The maximum absolute atomic E-state index is 13.2. The lowest BCUT2D eigenvalue weighted by Gasteiger charge is -2.22. The zero-order chi connectivity index (χ0) is 26.3. The van der Waals surface area contributed by atoms with Crippen molar-refractivity contribution in [3.05, 3.63) is 58.4 Å². The number of hydrogen-bond donors (Lipinski definition) is 0. The van der Waals surface area contributed by atoms with Gasteiger partial charge in [-0.25, -0.2) is 8.42 Å². The van der Waals surface area contributed by atoms with E-state index in [2.05, 4.69) is 4.99 Å². The summed E-state index contributed by atoms with van der Waals surface area (Å²) in [6, 6.07) is 11.6.